The summed E-state index contributed by atoms with van der Waals surface area (Å²) < 4.78 is 0. The second kappa shape index (κ2) is 5.90. The molecular formula is C14H18ClNO3. The molecule has 1 aromatic rings. The lowest BCUT2D eigenvalue weighted by Crippen LogP contribution is -2.47. The average Bonchev–Trinajstić information content (AvgIpc) is 2.41. The van der Waals surface area contributed by atoms with Crippen LogP contribution in [0.15, 0.2) is 18.2 Å². The number of halogens is 1. The molecule has 1 amide bonds. The monoisotopic (exact) mass is 283 g/mol. The first kappa shape index (κ1) is 14.3. The zero-order valence-electron chi connectivity index (χ0n) is 10.8. The molecule has 2 atom stereocenters. The Morgan fingerprint density at radius 3 is 2.89 bits per heavy atom. The van der Waals surface area contributed by atoms with Gasteiger partial charge in [-0.3, -0.25) is 4.79 Å². The van der Waals surface area contributed by atoms with E-state index >= 15 is 0 Å². The highest BCUT2D eigenvalue weighted by Gasteiger charge is 2.30. The van der Waals surface area contributed by atoms with Gasteiger partial charge in [0.1, 0.15) is 0 Å². The van der Waals surface area contributed by atoms with Crippen LogP contribution in [0, 0.1) is 12.8 Å². The third-order valence-electron chi connectivity index (χ3n) is 3.74. The van der Waals surface area contributed by atoms with Gasteiger partial charge < -0.3 is 15.1 Å². The fourth-order valence-electron chi connectivity index (χ4n) is 2.39. The van der Waals surface area contributed by atoms with Crippen LogP contribution in [0.2, 0.25) is 5.02 Å². The molecule has 1 aliphatic heterocycles. The van der Waals surface area contributed by atoms with Crippen molar-refractivity contribution in [3.05, 3.63) is 34.3 Å². The lowest BCUT2D eigenvalue weighted by Gasteiger charge is -2.35. The van der Waals surface area contributed by atoms with Crippen LogP contribution in [0.4, 0.5) is 0 Å². The third kappa shape index (κ3) is 2.91. The van der Waals surface area contributed by atoms with Gasteiger partial charge in [0.05, 0.1) is 6.10 Å². The van der Waals surface area contributed by atoms with Crippen molar-refractivity contribution in [2.75, 3.05) is 19.7 Å². The maximum atomic E-state index is 12.4. The number of rotatable bonds is 2. The minimum absolute atomic E-state index is 0.0423. The number of piperidine rings is 1. The first-order valence-electron chi connectivity index (χ1n) is 6.38. The molecule has 2 rings (SSSR count). The van der Waals surface area contributed by atoms with Crippen molar-refractivity contribution in [1.29, 1.82) is 0 Å². The number of carbonyl (C=O) groups is 1. The van der Waals surface area contributed by atoms with Gasteiger partial charge in [-0.2, -0.15) is 0 Å². The van der Waals surface area contributed by atoms with Crippen molar-refractivity contribution in [3.8, 4) is 0 Å². The van der Waals surface area contributed by atoms with E-state index in [1.54, 1.807) is 23.1 Å². The van der Waals surface area contributed by atoms with Crippen molar-refractivity contribution < 1.29 is 15.0 Å². The molecule has 0 spiro atoms. The van der Waals surface area contributed by atoms with Crippen LogP contribution in [0.25, 0.3) is 0 Å². The topological polar surface area (TPSA) is 60.8 Å². The molecule has 1 heterocycles. The summed E-state index contributed by atoms with van der Waals surface area (Å²) in [7, 11) is 0. The highest BCUT2D eigenvalue weighted by molar-refractivity contribution is 6.31. The predicted octanol–water partition coefficient (Wildman–Crippen LogP) is 1.46. The summed E-state index contributed by atoms with van der Waals surface area (Å²) >= 11 is 6.02. The van der Waals surface area contributed by atoms with E-state index in [1.165, 1.54) is 0 Å². The summed E-state index contributed by atoms with van der Waals surface area (Å²) in [4.78, 5) is 14.0. The van der Waals surface area contributed by atoms with Gasteiger partial charge >= 0.3 is 0 Å². The van der Waals surface area contributed by atoms with Crippen molar-refractivity contribution in [2.24, 2.45) is 5.92 Å². The number of likely N-dealkylation sites (tertiary alicyclic amines) is 1. The Morgan fingerprint density at radius 1 is 1.53 bits per heavy atom. The fourth-order valence-corrected chi connectivity index (χ4v) is 2.56. The summed E-state index contributed by atoms with van der Waals surface area (Å²) in [6.07, 6.45) is -0.0505. The Morgan fingerprint density at radius 2 is 2.26 bits per heavy atom. The van der Waals surface area contributed by atoms with E-state index in [-0.39, 0.29) is 25.0 Å². The molecule has 0 radical (unpaired) electrons. The van der Waals surface area contributed by atoms with Crippen LogP contribution in [-0.2, 0) is 0 Å². The van der Waals surface area contributed by atoms with Crippen molar-refractivity contribution >= 4 is 17.5 Å². The lowest BCUT2D eigenvalue weighted by molar-refractivity contribution is 0.000846. The number of hydrogen-bond acceptors (Lipinski definition) is 3. The quantitative estimate of drug-likeness (QED) is 0.864. The van der Waals surface area contributed by atoms with E-state index in [0.717, 1.165) is 5.56 Å². The molecule has 0 unspecified atom stereocenters. The maximum absolute atomic E-state index is 12.4. The third-order valence-corrected chi connectivity index (χ3v) is 4.15. The summed E-state index contributed by atoms with van der Waals surface area (Å²) in [5.74, 6) is -0.250. The molecule has 1 fully saturated rings. The fraction of sp³-hybridized carbons (Fsp3) is 0.500. The van der Waals surface area contributed by atoms with E-state index in [0.29, 0.717) is 23.6 Å². The van der Waals surface area contributed by atoms with E-state index in [2.05, 4.69) is 0 Å². The summed E-state index contributed by atoms with van der Waals surface area (Å²) in [6, 6.07) is 5.24. The first-order valence-corrected chi connectivity index (χ1v) is 6.75. The Kier molecular flexibility index (Phi) is 4.45. The molecule has 5 heteroatoms. The standard InChI is InChI=1S/C14H18ClNO3/c1-9-11(3-2-4-12(9)15)14(19)16-6-5-10(8-17)13(18)7-16/h2-4,10,13,17-18H,5-8H2,1H3/t10-,13-/m1/s1. The second-order valence-electron chi connectivity index (χ2n) is 4.96. The zero-order chi connectivity index (χ0) is 14.0. The van der Waals surface area contributed by atoms with Crippen LogP contribution in [-0.4, -0.2) is 46.8 Å². The van der Waals surface area contributed by atoms with E-state index in [1.807, 2.05) is 6.92 Å². The van der Waals surface area contributed by atoms with Crippen LogP contribution < -0.4 is 0 Å². The molecule has 0 bridgehead atoms. The lowest BCUT2D eigenvalue weighted by atomic mass is 9.94. The number of nitrogens with zero attached hydrogens (tertiary/aromatic N) is 1. The summed E-state index contributed by atoms with van der Waals surface area (Å²) in [6.45, 7) is 2.58. The molecule has 1 saturated heterocycles. The number of β-amino-alcohol motifs (C(OH)–C–C–N with tert-alkyl or cyclic N) is 1. The molecule has 1 aliphatic rings. The van der Waals surface area contributed by atoms with Crippen molar-refractivity contribution in [2.45, 2.75) is 19.4 Å². The largest absolute Gasteiger partial charge is 0.396 e. The van der Waals surface area contributed by atoms with E-state index in [9.17, 15) is 9.90 Å². The molecule has 0 saturated carbocycles. The second-order valence-corrected chi connectivity index (χ2v) is 5.37. The molecule has 0 aromatic heterocycles. The Bertz CT molecular complexity index is 478. The van der Waals surface area contributed by atoms with Gasteiger partial charge in [-0.25, -0.2) is 0 Å². The highest BCUT2D eigenvalue weighted by atomic mass is 35.5. The number of carbonyl (C=O) groups excluding carboxylic acids is 1. The highest BCUT2D eigenvalue weighted by Crippen LogP contribution is 2.23. The van der Waals surface area contributed by atoms with E-state index in [4.69, 9.17) is 16.7 Å². The summed E-state index contributed by atoms with van der Waals surface area (Å²) in [5, 5.41) is 19.5. The van der Waals surface area contributed by atoms with Gasteiger partial charge in [0, 0.05) is 36.2 Å². The number of hydrogen-bond donors (Lipinski definition) is 2. The van der Waals surface area contributed by atoms with Gasteiger partial charge in [0.25, 0.3) is 5.91 Å². The minimum atomic E-state index is -0.665. The number of benzene rings is 1. The zero-order valence-corrected chi connectivity index (χ0v) is 11.6. The summed E-state index contributed by atoms with van der Waals surface area (Å²) in [5.41, 5.74) is 1.33. The minimum Gasteiger partial charge on any atom is -0.396 e. The van der Waals surface area contributed by atoms with Crippen LogP contribution in [0.1, 0.15) is 22.3 Å². The predicted molar refractivity (Wildman–Crippen MR) is 73.3 cm³/mol. The van der Waals surface area contributed by atoms with Gasteiger partial charge in [-0.15, -0.1) is 0 Å². The molecule has 2 N–H and O–H groups in total. The van der Waals surface area contributed by atoms with Gasteiger partial charge in [-0.1, -0.05) is 17.7 Å². The van der Waals surface area contributed by atoms with Crippen LogP contribution in [0.3, 0.4) is 0 Å². The Hall–Kier alpha value is -1.10. The molecular weight excluding hydrogens is 266 g/mol. The maximum Gasteiger partial charge on any atom is 0.254 e. The number of aliphatic hydroxyl groups is 2. The molecule has 0 aliphatic carbocycles. The van der Waals surface area contributed by atoms with Gasteiger partial charge in [-0.05, 0) is 31.0 Å². The molecule has 104 valence electrons. The SMILES string of the molecule is Cc1c(Cl)cccc1C(=O)N1CC[C@H](CO)[C@H](O)C1. The smallest absolute Gasteiger partial charge is 0.254 e. The average molecular weight is 284 g/mol. The van der Waals surface area contributed by atoms with E-state index < -0.39 is 6.10 Å². The molecule has 4 nitrogen and oxygen atoms in total. The molecule has 1 aromatic carbocycles. The first-order chi connectivity index (χ1) is 9.04. The Balaban J connectivity index is 2.15. The van der Waals surface area contributed by atoms with Crippen molar-refractivity contribution in [3.63, 3.8) is 0 Å². The van der Waals surface area contributed by atoms with Crippen LogP contribution in [0.5, 0.6) is 0 Å². The number of aliphatic hydroxyl groups excluding tert-OH is 2. The van der Waals surface area contributed by atoms with Gasteiger partial charge in [0.2, 0.25) is 0 Å². The number of amides is 1. The molecule has 19 heavy (non-hydrogen) atoms. The van der Waals surface area contributed by atoms with Gasteiger partial charge in [0.15, 0.2) is 0 Å². The van der Waals surface area contributed by atoms with Crippen LogP contribution >= 0.6 is 11.6 Å². The van der Waals surface area contributed by atoms with Crippen molar-refractivity contribution in [1.82, 2.24) is 4.90 Å². The normalized spacial score (nSPS) is 23.5. The Labute approximate surface area is 117 Å².